The maximum absolute atomic E-state index is 14.0. The molecule has 232 valence electrons. The average molecular weight is 630 g/mol. The quantitative estimate of drug-likeness (QED) is 0.275. The van der Waals surface area contributed by atoms with Crippen molar-refractivity contribution in [1.29, 1.82) is 0 Å². The number of piperidine rings is 1. The number of nitrogens with zero attached hydrogens (tertiary/aromatic N) is 6. The Balaban J connectivity index is 1.11. The molecule has 2 amide bonds. The Morgan fingerprint density at radius 2 is 1.89 bits per heavy atom. The van der Waals surface area contributed by atoms with E-state index >= 15 is 0 Å². The first-order chi connectivity index (χ1) is 21.9. The number of nitrogens with one attached hydrogen (secondary N) is 1. The molecule has 0 aliphatic carbocycles. The molecular formula is C33H33ClFN7O3. The van der Waals surface area contributed by atoms with Crippen LogP contribution >= 0.6 is 11.6 Å². The summed E-state index contributed by atoms with van der Waals surface area (Å²) >= 11 is 6.14. The summed E-state index contributed by atoms with van der Waals surface area (Å²) < 4.78 is 21.8. The minimum atomic E-state index is -0.476. The van der Waals surface area contributed by atoms with Crippen LogP contribution in [-0.4, -0.2) is 62.1 Å². The number of benzene rings is 2. The van der Waals surface area contributed by atoms with Crippen molar-refractivity contribution >= 4 is 35.2 Å². The molecule has 5 heterocycles. The highest BCUT2D eigenvalue weighted by molar-refractivity contribution is 6.31. The van der Waals surface area contributed by atoms with Gasteiger partial charge in [0.15, 0.2) is 0 Å². The van der Waals surface area contributed by atoms with Crippen LogP contribution in [0.15, 0.2) is 61.1 Å². The number of anilines is 2. The Morgan fingerprint density at radius 3 is 2.69 bits per heavy atom. The van der Waals surface area contributed by atoms with Crippen LogP contribution in [0.25, 0.3) is 11.3 Å². The highest BCUT2D eigenvalue weighted by Gasteiger charge is 2.34. The van der Waals surface area contributed by atoms with Crippen LogP contribution in [0.3, 0.4) is 0 Å². The van der Waals surface area contributed by atoms with Crippen LogP contribution in [0.2, 0.25) is 5.02 Å². The molecule has 3 aliphatic rings. The van der Waals surface area contributed by atoms with Gasteiger partial charge in [-0.1, -0.05) is 41.9 Å². The molecule has 12 heteroatoms. The maximum atomic E-state index is 14.0. The first-order valence-electron chi connectivity index (χ1n) is 15.3. The number of halogens is 2. The van der Waals surface area contributed by atoms with Crippen molar-refractivity contribution in [3.63, 3.8) is 0 Å². The number of likely N-dealkylation sites (tertiary alicyclic amines) is 1. The number of carbonyl (C=O) groups excluding carboxylic acids is 2. The third kappa shape index (κ3) is 6.09. The van der Waals surface area contributed by atoms with E-state index in [4.69, 9.17) is 21.3 Å². The van der Waals surface area contributed by atoms with E-state index in [1.54, 1.807) is 12.1 Å². The zero-order valence-corrected chi connectivity index (χ0v) is 25.4. The second kappa shape index (κ2) is 12.5. The van der Waals surface area contributed by atoms with E-state index in [9.17, 15) is 14.0 Å². The number of fused-ring (bicyclic) bond motifs is 1. The van der Waals surface area contributed by atoms with Gasteiger partial charge in [0, 0.05) is 49.4 Å². The largest absolute Gasteiger partial charge is 0.445 e. The molecular weight excluding hydrogens is 597 g/mol. The van der Waals surface area contributed by atoms with E-state index < -0.39 is 5.82 Å². The van der Waals surface area contributed by atoms with Gasteiger partial charge in [0.25, 0.3) is 0 Å². The van der Waals surface area contributed by atoms with Crippen molar-refractivity contribution in [2.24, 2.45) is 0 Å². The summed E-state index contributed by atoms with van der Waals surface area (Å²) in [6.07, 6.45) is 6.87. The fourth-order valence-electron chi connectivity index (χ4n) is 6.62. The SMILES string of the molecule is O=C1Cc2c(ncnc2N2CCC(c3nc(-c4ccc(F)c(Cl)c4)cn3C[C@H]3CCCN3C(=O)OCc3ccccc3)CC2)N1. The van der Waals surface area contributed by atoms with Crippen LogP contribution in [0.5, 0.6) is 0 Å². The van der Waals surface area contributed by atoms with Gasteiger partial charge in [-0.3, -0.25) is 4.79 Å². The van der Waals surface area contributed by atoms with Crippen LogP contribution in [-0.2, 0) is 29.1 Å². The van der Waals surface area contributed by atoms with Gasteiger partial charge in [0.05, 0.1) is 23.2 Å². The molecule has 0 spiro atoms. The first-order valence-corrected chi connectivity index (χ1v) is 15.7. The van der Waals surface area contributed by atoms with Crippen LogP contribution < -0.4 is 10.2 Å². The molecule has 4 aromatic rings. The van der Waals surface area contributed by atoms with E-state index in [0.717, 1.165) is 67.1 Å². The number of ether oxygens (including phenoxy) is 1. The predicted molar refractivity (Wildman–Crippen MR) is 168 cm³/mol. The fourth-order valence-corrected chi connectivity index (χ4v) is 6.80. The van der Waals surface area contributed by atoms with Crippen molar-refractivity contribution in [3.05, 3.63) is 88.8 Å². The lowest BCUT2D eigenvalue weighted by molar-refractivity contribution is -0.115. The molecule has 10 nitrogen and oxygen atoms in total. The highest BCUT2D eigenvalue weighted by atomic mass is 35.5. The van der Waals surface area contributed by atoms with Crippen molar-refractivity contribution in [1.82, 2.24) is 24.4 Å². The van der Waals surface area contributed by atoms with Crippen LogP contribution in [0, 0.1) is 5.82 Å². The fraction of sp³-hybridized carbons (Fsp3) is 0.364. The molecule has 7 rings (SSSR count). The third-order valence-corrected chi connectivity index (χ3v) is 9.21. The summed E-state index contributed by atoms with van der Waals surface area (Å²) in [5.74, 6) is 1.93. The van der Waals surface area contributed by atoms with Gasteiger partial charge in [-0.15, -0.1) is 0 Å². The van der Waals surface area contributed by atoms with Crippen molar-refractivity contribution in [3.8, 4) is 11.3 Å². The maximum Gasteiger partial charge on any atom is 0.410 e. The Morgan fingerprint density at radius 1 is 1.07 bits per heavy atom. The molecule has 0 bridgehead atoms. The lowest BCUT2D eigenvalue weighted by Crippen LogP contribution is -2.39. The van der Waals surface area contributed by atoms with E-state index in [1.165, 1.54) is 12.4 Å². The normalized spacial score (nSPS) is 18.3. The van der Waals surface area contributed by atoms with Crippen molar-refractivity contribution in [2.45, 2.75) is 57.2 Å². The molecule has 2 aromatic carbocycles. The van der Waals surface area contributed by atoms with Gasteiger partial charge in [-0.2, -0.15) is 0 Å². The number of carbonyl (C=O) groups is 2. The standard InChI is InChI=1S/C33H33ClFN7O3/c34-26-15-23(8-9-27(26)35)28-18-41(17-24-7-4-12-42(24)33(44)45-19-21-5-2-1-3-6-21)31(38-28)22-10-13-40(14-11-22)32-25-16-29(43)39-30(25)36-20-37-32/h1-3,5-6,8-9,15,18,20,22,24H,4,7,10-14,16-17,19H2,(H,36,37,39,43)/t24-/m1/s1. The topological polar surface area (TPSA) is 105 Å². The molecule has 0 radical (unpaired) electrons. The monoisotopic (exact) mass is 629 g/mol. The molecule has 2 aromatic heterocycles. The smallest absolute Gasteiger partial charge is 0.410 e. The highest BCUT2D eigenvalue weighted by Crippen LogP contribution is 2.36. The summed E-state index contributed by atoms with van der Waals surface area (Å²) in [6, 6.07) is 14.3. The Bertz CT molecular complexity index is 1720. The van der Waals surface area contributed by atoms with Gasteiger partial charge in [-0.05, 0) is 49.4 Å². The molecule has 45 heavy (non-hydrogen) atoms. The van der Waals surface area contributed by atoms with E-state index in [2.05, 4.69) is 24.8 Å². The molecule has 1 atom stereocenters. The zero-order valence-electron chi connectivity index (χ0n) is 24.7. The molecule has 2 saturated heterocycles. The minimum Gasteiger partial charge on any atom is -0.445 e. The van der Waals surface area contributed by atoms with Gasteiger partial charge in [0.1, 0.15) is 36.2 Å². The zero-order chi connectivity index (χ0) is 30.9. The van der Waals surface area contributed by atoms with Crippen molar-refractivity contribution in [2.75, 3.05) is 29.9 Å². The summed E-state index contributed by atoms with van der Waals surface area (Å²) in [4.78, 5) is 43.0. The van der Waals surface area contributed by atoms with E-state index in [-0.39, 0.29) is 42.0 Å². The van der Waals surface area contributed by atoms with Gasteiger partial charge in [-0.25, -0.2) is 24.1 Å². The predicted octanol–water partition coefficient (Wildman–Crippen LogP) is 5.81. The molecule has 1 N–H and O–H groups in total. The minimum absolute atomic E-state index is 0.0420. The molecule has 0 saturated carbocycles. The number of hydrogen-bond acceptors (Lipinski definition) is 7. The first kappa shape index (κ1) is 29.2. The average Bonchev–Trinajstić information content (AvgIpc) is 3.80. The lowest BCUT2D eigenvalue weighted by Gasteiger charge is -2.34. The molecule has 2 fully saturated rings. The second-order valence-corrected chi connectivity index (χ2v) is 12.2. The summed E-state index contributed by atoms with van der Waals surface area (Å²) in [5, 5.41) is 2.85. The number of amides is 2. The summed E-state index contributed by atoms with van der Waals surface area (Å²) in [6.45, 7) is 2.93. The molecule has 3 aliphatic heterocycles. The number of rotatable bonds is 7. The third-order valence-electron chi connectivity index (χ3n) is 8.92. The Kier molecular flexibility index (Phi) is 8.10. The van der Waals surface area contributed by atoms with Crippen molar-refractivity contribution < 1.29 is 18.7 Å². The lowest BCUT2D eigenvalue weighted by atomic mass is 9.95. The van der Waals surface area contributed by atoms with Crippen LogP contribution in [0.4, 0.5) is 20.8 Å². The van der Waals surface area contributed by atoms with Crippen LogP contribution in [0.1, 0.15) is 48.6 Å². The van der Waals surface area contributed by atoms with Gasteiger partial charge in [0.2, 0.25) is 5.91 Å². The number of imidazole rings is 1. The Hall–Kier alpha value is -4.51. The van der Waals surface area contributed by atoms with Gasteiger partial charge >= 0.3 is 6.09 Å². The number of hydrogen-bond donors (Lipinski definition) is 1. The summed E-state index contributed by atoms with van der Waals surface area (Å²) in [7, 11) is 0. The Labute approximate surface area is 265 Å². The van der Waals surface area contributed by atoms with Gasteiger partial charge < -0.3 is 24.4 Å². The van der Waals surface area contributed by atoms with E-state index in [1.807, 2.05) is 41.4 Å². The van der Waals surface area contributed by atoms with E-state index in [0.29, 0.717) is 24.6 Å². The second-order valence-electron chi connectivity index (χ2n) is 11.8. The summed E-state index contributed by atoms with van der Waals surface area (Å²) in [5.41, 5.74) is 3.24. The number of aromatic nitrogens is 4. The molecule has 0 unspecified atom stereocenters.